The quantitative estimate of drug-likeness (QED) is 0.845. The molecule has 1 aromatic heterocycles. The Morgan fingerprint density at radius 1 is 1.21 bits per heavy atom. The number of rotatable bonds is 2. The minimum atomic E-state index is 0.497. The van der Waals surface area contributed by atoms with Crippen LogP contribution in [0.3, 0.4) is 0 Å². The Kier molecular flexibility index (Phi) is 3.15. The zero-order valence-electron chi connectivity index (χ0n) is 7.08. The van der Waals surface area contributed by atoms with Gasteiger partial charge in [0, 0.05) is 10.9 Å². The molecule has 0 spiro atoms. The zero-order chi connectivity index (χ0) is 9.97. The van der Waals surface area contributed by atoms with Gasteiger partial charge in [-0.2, -0.15) is 0 Å². The summed E-state index contributed by atoms with van der Waals surface area (Å²) in [5.74, 6) is 0. The summed E-state index contributed by atoms with van der Waals surface area (Å²) in [7, 11) is 0. The van der Waals surface area contributed by atoms with E-state index in [-0.39, 0.29) is 0 Å². The average molecular weight is 290 g/mol. The topological polar surface area (TPSA) is 25.8 Å². The van der Waals surface area contributed by atoms with Crippen LogP contribution in [0.2, 0.25) is 4.47 Å². The van der Waals surface area contributed by atoms with Crippen LogP contribution in [-0.2, 0) is 6.42 Å². The van der Waals surface area contributed by atoms with Gasteiger partial charge in [0.25, 0.3) is 0 Å². The maximum Gasteiger partial charge on any atom is 0.207 e. The van der Waals surface area contributed by atoms with Crippen LogP contribution in [0, 0.1) is 0 Å². The molecule has 0 amide bonds. The molecule has 5 heteroatoms. The van der Waals surface area contributed by atoms with Crippen LogP contribution < -0.4 is 0 Å². The van der Waals surface area contributed by atoms with Gasteiger partial charge in [0.15, 0.2) is 0 Å². The highest BCUT2D eigenvalue weighted by molar-refractivity contribution is 9.10. The minimum absolute atomic E-state index is 0.497. The van der Waals surface area contributed by atoms with Gasteiger partial charge in [0.1, 0.15) is 5.01 Å². The van der Waals surface area contributed by atoms with Gasteiger partial charge in [-0.1, -0.05) is 39.4 Å². The van der Waals surface area contributed by atoms with E-state index in [9.17, 15) is 0 Å². The van der Waals surface area contributed by atoms with E-state index < -0.39 is 0 Å². The predicted octanol–water partition coefficient (Wildman–Crippen LogP) is 3.54. The summed E-state index contributed by atoms with van der Waals surface area (Å²) >= 11 is 10.5. The maximum absolute atomic E-state index is 5.69. The van der Waals surface area contributed by atoms with Crippen molar-refractivity contribution in [3.8, 4) is 0 Å². The summed E-state index contributed by atoms with van der Waals surface area (Å²) in [6.45, 7) is 0. The molecule has 0 N–H and O–H groups in total. The molecule has 0 atom stereocenters. The first-order valence-corrected chi connectivity index (χ1v) is 5.95. The fraction of sp³-hybridized carbons (Fsp3) is 0.111. The van der Waals surface area contributed by atoms with Crippen LogP contribution in [0.5, 0.6) is 0 Å². The van der Waals surface area contributed by atoms with Crippen molar-refractivity contribution >= 4 is 38.9 Å². The average Bonchev–Trinajstić information content (AvgIpc) is 2.56. The Morgan fingerprint density at radius 2 is 1.93 bits per heavy atom. The first kappa shape index (κ1) is 10.1. The molecular formula is C9H6BrClN2S. The third-order valence-corrected chi connectivity index (χ3v) is 3.26. The normalized spacial score (nSPS) is 10.4. The van der Waals surface area contributed by atoms with Gasteiger partial charge >= 0.3 is 0 Å². The number of halogens is 2. The highest BCUT2D eigenvalue weighted by Crippen LogP contribution is 2.19. The van der Waals surface area contributed by atoms with E-state index in [4.69, 9.17) is 11.6 Å². The number of aromatic nitrogens is 2. The first-order chi connectivity index (χ1) is 6.74. The lowest BCUT2D eigenvalue weighted by Crippen LogP contribution is -1.86. The summed E-state index contributed by atoms with van der Waals surface area (Å²) in [6.07, 6.45) is 0.789. The van der Waals surface area contributed by atoms with Crippen molar-refractivity contribution in [3.63, 3.8) is 0 Å². The highest BCUT2D eigenvalue weighted by Gasteiger charge is 2.02. The number of nitrogens with zero attached hydrogens (tertiary/aromatic N) is 2. The Balaban J connectivity index is 2.15. The molecule has 0 aliphatic rings. The summed E-state index contributed by atoms with van der Waals surface area (Å²) < 4.78 is 1.58. The molecule has 1 aromatic carbocycles. The molecule has 0 aliphatic heterocycles. The van der Waals surface area contributed by atoms with Gasteiger partial charge < -0.3 is 0 Å². The summed E-state index contributed by atoms with van der Waals surface area (Å²) in [5.41, 5.74) is 1.21. The molecule has 14 heavy (non-hydrogen) atoms. The molecule has 72 valence electrons. The van der Waals surface area contributed by atoms with Crippen molar-refractivity contribution in [3.05, 3.63) is 43.8 Å². The monoisotopic (exact) mass is 288 g/mol. The second-order valence-electron chi connectivity index (χ2n) is 2.75. The van der Waals surface area contributed by atoms with E-state index >= 15 is 0 Å². The Morgan fingerprint density at radius 3 is 2.50 bits per heavy atom. The Bertz CT molecular complexity index is 427. The number of benzene rings is 1. The summed E-state index contributed by atoms with van der Waals surface area (Å²) in [4.78, 5) is 0. The standard InChI is InChI=1S/C9H6BrClN2S/c10-7-3-1-6(2-4-7)5-8-12-13-9(11)14-8/h1-4H,5H2. The zero-order valence-corrected chi connectivity index (χ0v) is 10.2. The molecule has 0 bridgehead atoms. The van der Waals surface area contributed by atoms with E-state index in [1.807, 2.05) is 12.1 Å². The van der Waals surface area contributed by atoms with E-state index in [0.717, 1.165) is 15.9 Å². The second-order valence-corrected chi connectivity index (χ2v) is 5.31. The molecule has 0 aliphatic carbocycles. The van der Waals surface area contributed by atoms with Gasteiger partial charge in [0.05, 0.1) is 0 Å². The molecule has 0 unspecified atom stereocenters. The molecule has 1 heterocycles. The number of hydrogen-bond acceptors (Lipinski definition) is 3. The van der Waals surface area contributed by atoms with Gasteiger partial charge in [-0.05, 0) is 29.3 Å². The lowest BCUT2D eigenvalue weighted by atomic mass is 10.2. The fourth-order valence-electron chi connectivity index (χ4n) is 1.08. The Labute approximate surface area is 99.1 Å². The van der Waals surface area contributed by atoms with E-state index in [1.54, 1.807) is 0 Å². The molecule has 0 saturated carbocycles. The van der Waals surface area contributed by atoms with Crippen LogP contribution in [0.15, 0.2) is 28.7 Å². The van der Waals surface area contributed by atoms with E-state index in [2.05, 4.69) is 38.3 Å². The Hall–Kier alpha value is -0.450. The molecule has 2 rings (SSSR count). The van der Waals surface area contributed by atoms with Gasteiger partial charge in [-0.25, -0.2) is 0 Å². The maximum atomic E-state index is 5.69. The predicted molar refractivity (Wildman–Crippen MR) is 61.9 cm³/mol. The van der Waals surface area contributed by atoms with Crippen LogP contribution >= 0.6 is 38.9 Å². The smallest absolute Gasteiger partial charge is 0.142 e. The molecule has 2 aromatic rings. The molecule has 0 fully saturated rings. The third kappa shape index (κ3) is 2.53. The van der Waals surface area contributed by atoms with Crippen LogP contribution in [0.25, 0.3) is 0 Å². The van der Waals surface area contributed by atoms with Crippen molar-refractivity contribution < 1.29 is 0 Å². The lowest BCUT2D eigenvalue weighted by Gasteiger charge is -1.96. The molecule has 0 saturated heterocycles. The third-order valence-electron chi connectivity index (χ3n) is 1.71. The van der Waals surface area contributed by atoms with Crippen molar-refractivity contribution in [1.82, 2.24) is 10.2 Å². The van der Waals surface area contributed by atoms with E-state index in [0.29, 0.717) is 4.47 Å². The van der Waals surface area contributed by atoms with Crippen molar-refractivity contribution in [2.45, 2.75) is 6.42 Å². The van der Waals surface area contributed by atoms with E-state index in [1.165, 1.54) is 16.9 Å². The number of hydrogen-bond donors (Lipinski definition) is 0. The highest BCUT2D eigenvalue weighted by atomic mass is 79.9. The largest absolute Gasteiger partial charge is 0.207 e. The molecule has 2 nitrogen and oxygen atoms in total. The molecular weight excluding hydrogens is 284 g/mol. The van der Waals surface area contributed by atoms with Crippen molar-refractivity contribution in [1.29, 1.82) is 0 Å². The van der Waals surface area contributed by atoms with Crippen LogP contribution in [0.1, 0.15) is 10.6 Å². The van der Waals surface area contributed by atoms with Crippen LogP contribution in [0.4, 0.5) is 0 Å². The minimum Gasteiger partial charge on any atom is -0.142 e. The lowest BCUT2D eigenvalue weighted by molar-refractivity contribution is 1.00. The van der Waals surface area contributed by atoms with Gasteiger partial charge in [-0.15, -0.1) is 10.2 Å². The molecule has 0 radical (unpaired) electrons. The fourth-order valence-corrected chi connectivity index (χ4v) is 2.25. The van der Waals surface area contributed by atoms with Crippen molar-refractivity contribution in [2.24, 2.45) is 0 Å². The van der Waals surface area contributed by atoms with Gasteiger partial charge in [0.2, 0.25) is 4.47 Å². The summed E-state index contributed by atoms with van der Waals surface area (Å²) in [6, 6.07) is 8.13. The summed E-state index contributed by atoms with van der Waals surface area (Å²) in [5, 5.41) is 8.66. The SMILES string of the molecule is Clc1nnc(Cc2ccc(Br)cc2)s1. The van der Waals surface area contributed by atoms with Crippen LogP contribution in [-0.4, -0.2) is 10.2 Å². The van der Waals surface area contributed by atoms with Gasteiger partial charge in [-0.3, -0.25) is 0 Å². The second kappa shape index (κ2) is 4.38. The van der Waals surface area contributed by atoms with Crippen molar-refractivity contribution in [2.75, 3.05) is 0 Å². The first-order valence-electron chi connectivity index (χ1n) is 3.96.